The highest BCUT2D eigenvalue weighted by Gasteiger charge is 2.35. The molecular formula is C21H30O2. The van der Waals surface area contributed by atoms with Gasteiger partial charge in [0.15, 0.2) is 0 Å². The first-order valence-electron chi connectivity index (χ1n) is 9.50. The standard InChI is InChI=1S/C21H30O2/c1-2-3-4-15-5-6-20-14-19(12-11-18(20)13-15)16-7-9-17(10-8-16)21(22)23/h7-10,15,18-20H,2-6,11-14H2,1H3,(H,22,23)/t15-,18-,19?,20+/m0/s1. The molecule has 0 spiro atoms. The van der Waals surface area contributed by atoms with Crippen LogP contribution in [0.4, 0.5) is 0 Å². The smallest absolute Gasteiger partial charge is 0.335 e. The number of carbonyl (C=O) groups is 1. The molecular weight excluding hydrogens is 284 g/mol. The molecule has 2 heteroatoms. The highest BCUT2D eigenvalue weighted by molar-refractivity contribution is 5.87. The fourth-order valence-electron chi connectivity index (χ4n) is 4.94. The maximum Gasteiger partial charge on any atom is 0.335 e. The molecule has 0 saturated heterocycles. The second kappa shape index (κ2) is 7.51. The van der Waals surface area contributed by atoms with Crippen LogP contribution in [-0.2, 0) is 0 Å². The Kier molecular flexibility index (Phi) is 5.40. The number of hydrogen-bond acceptors (Lipinski definition) is 1. The van der Waals surface area contributed by atoms with Crippen LogP contribution in [0, 0.1) is 17.8 Å². The van der Waals surface area contributed by atoms with Crippen LogP contribution in [0.2, 0.25) is 0 Å². The molecule has 0 aliphatic heterocycles. The molecule has 1 unspecified atom stereocenters. The quantitative estimate of drug-likeness (QED) is 0.737. The van der Waals surface area contributed by atoms with Gasteiger partial charge in [-0.2, -0.15) is 0 Å². The summed E-state index contributed by atoms with van der Waals surface area (Å²) in [5.74, 6) is 2.67. The lowest BCUT2D eigenvalue weighted by molar-refractivity contribution is 0.0697. The minimum absolute atomic E-state index is 0.402. The first-order chi connectivity index (χ1) is 11.2. The second-order valence-electron chi connectivity index (χ2n) is 7.78. The van der Waals surface area contributed by atoms with Crippen molar-refractivity contribution in [2.75, 3.05) is 0 Å². The Bertz CT molecular complexity index is 519. The van der Waals surface area contributed by atoms with E-state index < -0.39 is 5.97 Å². The SMILES string of the molecule is CCCC[C@H]1CC[C@@H]2CC(c3ccc(C(=O)O)cc3)CC[C@H]2C1. The van der Waals surface area contributed by atoms with Crippen LogP contribution in [-0.4, -0.2) is 11.1 Å². The lowest BCUT2D eigenvalue weighted by Crippen LogP contribution is -2.30. The average Bonchev–Trinajstić information content (AvgIpc) is 2.59. The summed E-state index contributed by atoms with van der Waals surface area (Å²) in [6.45, 7) is 2.30. The normalized spacial score (nSPS) is 30.7. The average molecular weight is 314 g/mol. The van der Waals surface area contributed by atoms with Crippen molar-refractivity contribution in [2.45, 2.75) is 70.6 Å². The van der Waals surface area contributed by atoms with Crippen molar-refractivity contribution in [1.82, 2.24) is 0 Å². The third kappa shape index (κ3) is 3.97. The Morgan fingerprint density at radius 2 is 1.74 bits per heavy atom. The highest BCUT2D eigenvalue weighted by atomic mass is 16.4. The number of unbranched alkanes of at least 4 members (excludes halogenated alkanes) is 1. The van der Waals surface area contributed by atoms with E-state index in [1.54, 1.807) is 12.1 Å². The molecule has 2 nitrogen and oxygen atoms in total. The van der Waals surface area contributed by atoms with E-state index in [0.717, 1.165) is 17.8 Å². The Balaban J connectivity index is 1.57. The van der Waals surface area contributed by atoms with Gasteiger partial charge in [0, 0.05) is 0 Å². The fraction of sp³-hybridized carbons (Fsp3) is 0.667. The van der Waals surface area contributed by atoms with Gasteiger partial charge in [0.1, 0.15) is 0 Å². The molecule has 2 fully saturated rings. The van der Waals surface area contributed by atoms with E-state index in [9.17, 15) is 4.79 Å². The van der Waals surface area contributed by atoms with Crippen LogP contribution in [0.1, 0.15) is 86.6 Å². The van der Waals surface area contributed by atoms with E-state index >= 15 is 0 Å². The summed E-state index contributed by atoms with van der Waals surface area (Å²) in [6, 6.07) is 7.62. The van der Waals surface area contributed by atoms with Crippen molar-refractivity contribution >= 4 is 5.97 Å². The molecule has 0 bridgehead atoms. The molecule has 0 radical (unpaired) electrons. The third-order valence-corrected chi connectivity index (χ3v) is 6.32. The van der Waals surface area contributed by atoms with Gasteiger partial charge in [-0.25, -0.2) is 4.79 Å². The summed E-state index contributed by atoms with van der Waals surface area (Å²) in [7, 11) is 0. The van der Waals surface area contributed by atoms with Gasteiger partial charge in [-0.3, -0.25) is 0 Å². The van der Waals surface area contributed by atoms with Gasteiger partial charge in [0.05, 0.1) is 5.56 Å². The van der Waals surface area contributed by atoms with Crippen LogP contribution in [0.25, 0.3) is 0 Å². The number of benzene rings is 1. The van der Waals surface area contributed by atoms with Crippen LogP contribution >= 0.6 is 0 Å². The van der Waals surface area contributed by atoms with Crippen LogP contribution in [0.3, 0.4) is 0 Å². The number of carboxylic acids is 1. The molecule has 2 aliphatic rings. The Morgan fingerprint density at radius 3 is 2.43 bits per heavy atom. The maximum atomic E-state index is 11.0. The van der Waals surface area contributed by atoms with E-state index in [1.165, 1.54) is 63.4 Å². The van der Waals surface area contributed by atoms with Crippen molar-refractivity contribution in [1.29, 1.82) is 0 Å². The molecule has 0 amide bonds. The number of aromatic carboxylic acids is 1. The van der Waals surface area contributed by atoms with Gasteiger partial charge in [0.2, 0.25) is 0 Å². The Hall–Kier alpha value is -1.31. The zero-order chi connectivity index (χ0) is 16.2. The number of carboxylic acid groups (broad SMARTS) is 1. The molecule has 23 heavy (non-hydrogen) atoms. The summed E-state index contributed by atoms with van der Waals surface area (Å²) < 4.78 is 0. The third-order valence-electron chi connectivity index (χ3n) is 6.32. The summed E-state index contributed by atoms with van der Waals surface area (Å²) in [5, 5.41) is 9.03. The Morgan fingerprint density at radius 1 is 1.04 bits per heavy atom. The van der Waals surface area contributed by atoms with Crippen LogP contribution < -0.4 is 0 Å². The molecule has 4 atom stereocenters. The van der Waals surface area contributed by atoms with Crippen LogP contribution in [0.15, 0.2) is 24.3 Å². The topological polar surface area (TPSA) is 37.3 Å². The van der Waals surface area contributed by atoms with Gasteiger partial charge >= 0.3 is 5.97 Å². The molecule has 3 rings (SSSR count). The molecule has 1 N–H and O–H groups in total. The van der Waals surface area contributed by atoms with Gasteiger partial charge in [-0.05, 0) is 73.5 Å². The molecule has 2 aliphatic carbocycles. The predicted octanol–water partition coefficient (Wildman–Crippen LogP) is 5.88. The van der Waals surface area contributed by atoms with E-state index in [2.05, 4.69) is 6.92 Å². The summed E-state index contributed by atoms with van der Waals surface area (Å²) >= 11 is 0. The predicted molar refractivity (Wildman–Crippen MR) is 93.8 cm³/mol. The van der Waals surface area contributed by atoms with E-state index in [4.69, 9.17) is 5.11 Å². The second-order valence-corrected chi connectivity index (χ2v) is 7.78. The maximum absolute atomic E-state index is 11.0. The number of hydrogen-bond donors (Lipinski definition) is 1. The number of fused-ring (bicyclic) bond motifs is 1. The lowest BCUT2D eigenvalue weighted by Gasteiger charge is -2.42. The van der Waals surface area contributed by atoms with Crippen molar-refractivity contribution < 1.29 is 9.90 Å². The van der Waals surface area contributed by atoms with Crippen molar-refractivity contribution in [2.24, 2.45) is 17.8 Å². The highest BCUT2D eigenvalue weighted by Crippen LogP contribution is 2.48. The van der Waals surface area contributed by atoms with Crippen LogP contribution in [0.5, 0.6) is 0 Å². The summed E-state index contributed by atoms with van der Waals surface area (Å²) in [6.07, 6.45) is 12.5. The minimum atomic E-state index is -0.828. The summed E-state index contributed by atoms with van der Waals surface area (Å²) in [4.78, 5) is 11.0. The molecule has 1 aromatic rings. The first kappa shape index (κ1) is 16.5. The summed E-state index contributed by atoms with van der Waals surface area (Å²) in [5.41, 5.74) is 1.75. The zero-order valence-electron chi connectivity index (χ0n) is 14.3. The van der Waals surface area contributed by atoms with E-state index in [1.807, 2.05) is 12.1 Å². The minimum Gasteiger partial charge on any atom is -0.478 e. The van der Waals surface area contributed by atoms with Gasteiger partial charge in [-0.1, -0.05) is 44.7 Å². The van der Waals surface area contributed by atoms with Gasteiger partial charge < -0.3 is 5.11 Å². The first-order valence-corrected chi connectivity index (χ1v) is 9.50. The van der Waals surface area contributed by atoms with Gasteiger partial charge in [-0.15, -0.1) is 0 Å². The lowest BCUT2D eigenvalue weighted by atomic mass is 9.63. The Labute approximate surface area is 140 Å². The molecule has 2 saturated carbocycles. The van der Waals surface area contributed by atoms with Gasteiger partial charge in [0.25, 0.3) is 0 Å². The molecule has 126 valence electrons. The van der Waals surface area contributed by atoms with E-state index in [-0.39, 0.29) is 0 Å². The van der Waals surface area contributed by atoms with Crippen molar-refractivity contribution in [3.63, 3.8) is 0 Å². The van der Waals surface area contributed by atoms with Crippen molar-refractivity contribution in [3.8, 4) is 0 Å². The molecule has 1 aromatic carbocycles. The molecule has 0 aromatic heterocycles. The zero-order valence-corrected chi connectivity index (χ0v) is 14.3. The number of rotatable bonds is 5. The monoisotopic (exact) mass is 314 g/mol. The van der Waals surface area contributed by atoms with E-state index in [0.29, 0.717) is 11.5 Å². The molecule has 0 heterocycles. The largest absolute Gasteiger partial charge is 0.478 e. The fourth-order valence-corrected chi connectivity index (χ4v) is 4.94. The van der Waals surface area contributed by atoms with Crippen molar-refractivity contribution in [3.05, 3.63) is 35.4 Å².